The Labute approximate surface area is 219 Å². The molecule has 2 amide bonds. The summed E-state index contributed by atoms with van der Waals surface area (Å²) in [6.07, 6.45) is 2.15. The molecule has 1 heterocycles. The highest BCUT2D eigenvalue weighted by Crippen LogP contribution is 2.28. The van der Waals surface area contributed by atoms with Gasteiger partial charge in [0.25, 0.3) is 11.8 Å². The van der Waals surface area contributed by atoms with Crippen molar-refractivity contribution < 1.29 is 14.3 Å². The van der Waals surface area contributed by atoms with Crippen LogP contribution in [-0.4, -0.2) is 30.4 Å². The van der Waals surface area contributed by atoms with Gasteiger partial charge in [0, 0.05) is 31.4 Å². The van der Waals surface area contributed by atoms with E-state index in [9.17, 15) is 9.59 Å². The zero-order valence-corrected chi connectivity index (χ0v) is 20.9. The van der Waals surface area contributed by atoms with Crippen LogP contribution in [0.2, 0.25) is 10.0 Å². The molecule has 36 heavy (non-hydrogen) atoms. The summed E-state index contributed by atoms with van der Waals surface area (Å²) in [6, 6.07) is 23.6. The molecular weight excluding hydrogens is 497 g/mol. The van der Waals surface area contributed by atoms with Gasteiger partial charge in [-0.15, -0.1) is 0 Å². The largest absolute Gasteiger partial charge is 0.457 e. The van der Waals surface area contributed by atoms with Gasteiger partial charge >= 0.3 is 0 Å². The summed E-state index contributed by atoms with van der Waals surface area (Å²) in [6.45, 7) is 0.465. The summed E-state index contributed by atoms with van der Waals surface area (Å²) in [4.78, 5) is 28.4. The van der Waals surface area contributed by atoms with Gasteiger partial charge in [0.15, 0.2) is 0 Å². The third-order valence-electron chi connectivity index (χ3n) is 5.42. The maximum Gasteiger partial charge on any atom is 0.269 e. The van der Waals surface area contributed by atoms with E-state index in [0.717, 1.165) is 16.7 Å². The van der Waals surface area contributed by atoms with Gasteiger partial charge in [0.2, 0.25) is 0 Å². The number of ether oxygens (including phenoxy) is 1. The van der Waals surface area contributed by atoms with E-state index < -0.39 is 0 Å². The number of nitrogens with zero attached hydrogens (tertiary/aromatic N) is 1. The second kappa shape index (κ2) is 11.7. The van der Waals surface area contributed by atoms with Crippen LogP contribution in [0, 0.1) is 0 Å². The number of halogens is 2. The molecule has 182 valence electrons. The summed E-state index contributed by atoms with van der Waals surface area (Å²) < 4.78 is 5.89. The number of amides is 2. The van der Waals surface area contributed by atoms with Crippen molar-refractivity contribution in [3.63, 3.8) is 0 Å². The normalized spacial score (nSPS) is 10.5. The molecule has 0 radical (unpaired) electrons. The summed E-state index contributed by atoms with van der Waals surface area (Å²) in [5.41, 5.74) is 3.72. The van der Waals surface area contributed by atoms with Gasteiger partial charge in [-0.3, -0.25) is 14.6 Å². The van der Waals surface area contributed by atoms with Crippen LogP contribution < -0.4 is 15.4 Å². The topological polar surface area (TPSA) is 80.3 Å². The molecule has 0 spiro atoms. The first-order valence-electron chi connectivity index (χ1n) is 11.2. The molecule has 0 saturated heterocycles. The second-order valence-corrected chi connectivity index (χ2v) is 8.73. The number of carbonyl (C=O) groups excluding carboxylic acids is 2. The summed E-state index contributed by atoms with van der Waals surface area (Å²) in [7, 11) is 1.55. The number of benzene rings is 3. The van der Waals surface area contributed by atoms with Gasteiger partial charge in [-0.05, 0) is 65.6 Å². The molecule has 0 aliphatic carbocycles. The molecule has 3 aromatic carbocycles. The van der Waals surface area contributed by atoms with Crippen LogP contribution >= 0.6 is 23.2 Å². The maximum absolute atomic E-state index is 12.6. The molecule has 0 atom stereocenters. The van der Waals surface area contributed by atoms with Crippen molar-refractivity contribution in [3.05, 3.63) is 112 Å². The predicted octanol–water partition coefficient (Wildman–Crippen LogP) is 6.18. The Morgan fingerprint density at radius 2 is 1.58 bits per heavy atom. The molecule has 0 fully saturated rings. The van der Waals surface area contributed by atoms with E-state index >= 15 is 0 Å². The highest BCUT2D eigenvalue weighted by Gasteiger charge is 2.09. The lowest BCUT2D eigenvalue weighted by Crippen LogP contribution is -2.25. The average molecular weight is 520 g/mol. The van der Waals surface area contributed by atoms with E-state index in [1.54, 1.807) is 43.4 Å². The van der Waals surface area contributed by atoms with Crippen LogP contribution in [-0.2, 0) is 6.42 Å². The number of aromatic nitrogens is 1. The van der Waals surface area contributed by atoms with Crippen molar-refractivity contribution in [2.75, 3.05) is 13.6 Å². The Kier molecular flexibility index (Phi) is 8.21. The molecule has 2 N–H and O–H groups in total. The van der Waals surface area contributed by atoms with Gasteiger partial charge < -0.3 is 15.4 Å². The first-order chi connectivity index (χ1) is 17.4. The minimum absolute atomic E-state index is 0.151. The van der Waals surface area contributed by atoms with Crippen molar-refractivity contribution in [1.82, 2.24) is 15.6 Å². The third-order valence-corrected chi connectivity index (χ3v) is 6.16. The monoisotopic (exact) mass is 519 g/mol. The minimum Gasteiger partial charge on any atom is -0.457 e. The van der Waals surface area contributed by atoms with E-state index in [1.165, 1.54) is 6.20 Å². The number of nitrogens with one attached hydrogen (secondary N) is 2. The van der Waals surface area contributed by atoms with Gasteiger partial charge in [0.1, 0.15) is 17.2 Å². The van der Waals surface area contributed by atoms with Gasteiger partial charge in [0.05, 0.1) is 10.0 Å². The lowest BCUT2D eigenvalue weighted by atomic mass is 10.0. The molecule has 4 aromatic rings. The number of rotatable bonds is 8. The Morgan fingerprint density at radius 1 is 0.833 bits per heavy atom. The lowest BCUT2D eigenvalue weighted by molar-refractivity contribution is 0.0947. The summed E-state index contributed by atoms with van der Waals surface area (Å²) in [5.74, 6) is 0.708. The quantitative estimate of drug-likeness (QED) is 0.291. The first kappa shape index (κ1) is 25.2. The fourth-order valence-corrected chi connectivity index (χ4v) is 3.84. The zero-order chi connectivity index (χ0) is 25.5. The highest BCUT2D eigenvalue weighted by molar-refractivity contribution is 6.42. The molecule has 0 saturated carbocycles. The second-order valence-electron chi connectivity index (χ2n) is 7.92. The van der Waals surface area contributed by atoms with Crippen molar-refractivity contribution in [2.24, 2.45) is 0 Å². The fourth-order valence-electron chi connectivity index (χ4n) is 3.54. The number of hydrogen-bond acceptors (Lipinski definition) is 4. The van der Waals surface area contributed by atoms with Crippen molar-refractivity contribution in [3.8, 4) is 22.6 Å². The molecule has 6 nitrogen and oxygen atoms in total. The van der Waals surface area contributed by atoms with Gasteiger partial charge in [-0.25, -0.2) is 0 Å². The van der Waals surface area contributed by atoms with Crippen LogP contribution in [0.25, 0.3) is 11.1 Å². The van der Waals surface area contributed by atoms with Gasteiger partial charge in [-0.2, -0.15) is 0 Å². The van der Waals surface area contributed by atoms with E-state index in [-0.39, 0.29) is 17.5 Å². The molecule has 0 aliphatic rings. The van der Waals surface area contributed by atoms with E-state index in [1.807, 2.05) is 42.5 Å². The Hall–Kier alpha value is -3.87. The highest BCUT2D eigenvalue weighted by atomic mass is 35.5. The number of hydrogen-bond donors (Lipinski definition) is 2. The molecule has 0 bridgehead atoms. The van der Waals surface area contributed by atoms with E-state index in [2.05, 4.69) is 15.6 Å². The van der Waals surface area contributed by atoms with Crippen LogP contribution in [0.15, 0.2) is 85.1 Å². The van der Waals surface area contributed by atoms with Crippen molar-refractivity contribution >= 4 is 35.0 Å². The molecule has 4 rings (SSSR count). The standard InChI is InChI=1S/C28H23Cl2N3O3/c1-31-28(35)26-17-23(12-14-32-26)36-22-4-2-3-18(15-22)11-13-33-27(34)20-7-5-19(6-8-20)21-9-10-24(29)25(30)16-21/h2-10,12,14-17H,11,13H2,1H3,(H,31,35)(H,33,34). The van der Waals surface area contributed by atoms with Crippen molar-refractivity contribution in [2.45, 2.75) is 6.42 Å². The minimum atomic E-state index is -0.283. The number of carbonyl (C=O) groups is 2. The zero-order valence-electron chi connectivity index (χ0n) is 19.4. The molecule has 1 aromatic heterocycles. The SMILES string of the molecule is CNC(=O)c1cc(Oc2cccc(CCNC(=O)c3ccc(-c4ccc(Cl)c(Cl)c4)cc3)c2)ccn1. The van der Waals surface area contributed by atoms with Crippen LogP contribution in [0.5, 0.6) is 11.5 Å². The third kappa shape index (κ3) is 6.42. The van der Waals surface area contributed by atoms with Crippen LogP contribution in [0.3, 0.4) is 0 Å². The van der Waals surface area contributed by atoms with E-state index in [0.29, 0.717) is 40.1 Å². The molecular formula is C28H23Cl2N3O3. The van der Waals surface area contributed by atoms with E-state index in [4.69, 9.17) is 27.9 Å². The van der Waals surface area contributed by atoms with Crippen molar-refractivity contribution in [1.29, 1.82) is 0 Å². The summed E-state index contributed by atoms with van der Waals surface area (Å²) >= 11 is 12.1. The van der Waals surface area contributed by atoms with Crippen LogP contribution in [0.4, 0.5) is 0 Å². The molecule has 0 aliphatic heterocycles. The first-order valence-corrected chi connectivity index (χ1v) is 12.0. The Balaban J connectivity index is 1.32. The number of pyridine rings is 1. The molecule has 0 unspecified atom stereocenters. The average Bonchev–Trinajstić information content (AvgIpc) is 2.90. The maximum atomic E-state index is 12.6. The van der Waals surface area contributed by atoms with Crippen LogP contribution in [0.1, 0.15) is 26.4 Å². The Morgan fingerprint density at radius 3 is 2.33 bits per heavy atom. The fraction of sp³-hybridized carbons (Fsp3) is 0.107. The Bertz CT molecular complexity index is 1390. The summed E-state index contributed by atoms with van der Waals surface area (Å²) in [5, 5.41) is 6.47. The molecule has 8 heteroatoms. The predicted molar refractivity (Wildman–Crippen MR) is 142 cm³/mol. The van der Waals surface area contributed by atoms with Gasteiger partial charge in [-0.1, -0.05) is 53.5 Å². The lowest BCUT2D eigenvalue weighted by Gasteiger charge is -2.10. The smallest absolute Gasteiger partial charge is 0.269 e.